The highest BCUT2D eigenvalue weighted by molar-refractivity contribution is 9.10. The Labute approximate surface area is 140 Å². The Morgan fingerprint density at radius 1 is 1.18 bits per heavy atom. The second-order valence-electron chi connectivity index (χ2n) is 5.55. The van der Waals surface area contributed by atoms with Crippen molar-refractivity contribution < 1.29 is 9.53 Å². The van der Waals surface area contributed by atoms with Gasteiger partial charge in [-0.05, 0) is 52.2 Å². The number of anilines is 1. The zero-order chi connectivity index (χ0) is 16.1. The molecule has 0 saturated heterocycles. The van der Waals surface area contributed by atoms with Crippen LogP contribution < -0.4 is 9.64 Å². The smallest absolute Gasteiger partial charge is 0.258 e. The summed E-state index contributed by atoms with van der Waals surface area (Å²) in [4.78, 5) is 14.2. The topological polar surface area (TPSA) is 29.5 Å². The second kappa shape index (κ2) is 7.45. The molecule has 0 aliphatic carbocycles. The van der Waals surface area contributed by atoms with Crippen LogP contribution in [0.3, 0.4) is 0 Å². The summed E-state index contributed by atoms with van der Waals surface area (Å²) >= 11 is 3.48. The monoisotopic (exact) mass is 361 g/mol. The van der Waals surface area contributed by atoms with E-state index in [1.54, 1.807) is 24.1 Å². The zero-order valence-corrected chi connectivity index (χ0v) is 14.6. The molecule has 0 N–H and O–H groups in total. The molecule has 0 aromatic heterocycles. The van der Waals surface area contributed by atoms with Crippen LogP contribution >= 0.6 is 15.9 Å². The molecule has 0 spiro atoms. The number of nitrogens with zero attached hydrogens (tertiary/aromatic N) is 1. The van der Waals surface area contributed by atoms with Gasteiger partial charge in [0.25, 0.3) is 5.91 Å². The van der Waals surface area contributed by atoms with Crippen molar-refractivity contribution in [3.8, 4) is 5.75 Å². The molecule has 4 heteroatoms. The summed E-state index contributed by atoms with van der Waals surface area (Å²) in [5.74, 6) is 1.16. The fourth-order valence-electron chi connectivity index (χ4n) is 1.97. The first-order chi connectivity index (χ1) is 10.5. The molecule has 116 valence electrons. The van der Waals surface area contributed by atoms with Gasteiger partial charge in [-0.15, -0.1) is 0 Å². The molecule has 2 aromatic rings. The van der Waals surface area contributed by atoms with Gasteiger partial charge >= 0.3 is 0 Å². The van der Waals surface area contributed by atoms with Crippen LogP contribution in [-0.4, -0.2) is 19.6 Å². The van der Waals surface area contributed by atoms with E-state index in [0.717, 1.165) is 15.9 Å². The third-order valence-corrected chi connectivity index (χ3v) is 3.82. The predicted molar refractivity (Wildman–Crippen MR) is 93.7 cm³/mol. The SMILES string of the molecule is CC(C)COc1ccc(C(=O)N(C)c2ccccc2)cc1Br. The van der Waals surface area contributed by atoms with Gasteiger partial charge in [0, 0.05) is 18.3 Å². The molecule has 1 amide bonds. The van der Waals surface area contributed by atoms with Gasteiger partial charge < -0.3 is 9.64 Å². The van der Waals surface area contributed by atoms with Gasteiger partial charge in [-0.25, -0.2) is 0 Å². The number of para-hydroxylation sites is 1. The average molecular weight is 362 g/mol. The molecule has 0 aliphatic rings. The molecule has 2 rings (SSSR count). The average Bonchev–Trinajstić information content (AvgIpc) is 2.53. The van der Waals surface area contributed by atoms with Gasteiger partial charge in [0.1, 0.15) is 5.75 Å². The summed E-state index contributed by atoms with van der Waals surface area (Å²) in [5.41, 5.74) is 1.49. The highest BCUT2D eigenvalue weighted by atomic mass is 79.9. The van der Waals surface area contributed by atoms with E-state index in [1.807, 2.05) is 36.4 Å². The van der Waals surface area contributed by atoms with Crippen molar-refractivity contribution in [2.24, 2.45) is 5.92 Å². The largest absolute Gasteiger partial charge is 0.492 e. The van der Waals surface area contributed by atoms with Gasteiger partial charge in [0.05, 0.1) is 11.1 Å². The molecule has 0 saturated carbocycles. The maximum Gasteiger partial charge on any atom is 0.258 e. The number of carbonyl (C=O) groups is 1. The first-order valence-electron chi connectivity index (χ1n) is 7.24. The third-order valence-electron chi connectivity index (χ3n) is 3.20. The Balaban J connectivity index is 2.15. The Morgan fingerprint density at radius 3 is 2.45 bits per heavy atom. The first-order valence-corrected chi connectivity index (χ1v) is 8.03. The summed E-state index contributed by atoms with van der Waals surface area (Å²) in [6.07, 6.45) is 0. The van der Waals surface area contributed by atoms with Crippen LogP contribution in [0.4, 0.5) is 5.69 Å². The minimum Gasteiger partial charge on any atom is -0.492 e. The number of hydrogen-bond donors (Lipinski definition) is 0. The van der Waals surface area contributed by atoms with Crippen molar-refractivity contribution in [3.63, 3.8) is 0 Å². The van der Waals surface area contributed by atoms with Crippen molar-refractivity contribution in [2.75, 3.05) is 18.6 Å². The molecule has 0 aliphatic heterocycles. The van der Waals surface area contributed by atoms with Crippen LogP contribution in [0.2, 0.25) is 0 Å². The minimum absolute atomic E-state index is 0.0534. The molecular weight excluding hydrogens is 342 g/mol. The molecule has 0 atom stereocenters. The molecule has 0 heterocycles. The van der Waals surface area contributed by atoms with Gasteiger partial charge in [-0.2, -0.15) is 0 Å². The number of halogens is 1. The Hall–Kier alpha value is -1.81. The van der Waals surface area contributed by atoms with E-state index in [-0.39, 0.29) is 5.91 Å². The van der Waals surface area contributed by atoms with Crippen LogP contribution in [0.25, 0.3) is 0 Å². The maximum atomic E-state index is 12.5. The highest BCUT2D eigenvalue weighted by Gasteiger charge is 2.15. The molecule has 3 nitrogen and oxygen atoms in total. The van der Waals surface area contributed by atoms with Crippen LogP contribution in [0.5, 0.6) is 5.75 Å². The molecule has 0 radical (unpaired) electrons. The molecule has 0 bridgehead atoms. The van der Waals surface area contributed by atoms with Crippen molar-refractivity contribution in [2.45, 2.75) is 13.8 Å². The molecule has 0 fully saturated rings. The van der Waals surface area contributed by atoms with Crippen LogP contribution in [0.1, 0.15) is 24.2 Å². The normalized spacial score (nSPS) is 10.6. The standard InChI is InChI=1S/C18H20BrNO2/c1-13(2)12-22-17-10-9-14(11-16(17)19)18(21)20(3)15-7-5-4-6-8-15/h4-11,13H,12H2,1-3H3. The number of hydrogen-bond acceptors (Lipinski definition) is 2. The number of benzene rings is 2. The highest BCUT2D eigenvalue weighted by Crippen LogP contribution is 2.27. The number of amides is 1. The number of carbonyl (C=O) groups excluding carboxylic acids is 1. The van der Waals surface area contributed by atoms with E-state index in [4.69, 9.17) is 4.74 Å². The predicted octanol–water partition coefficient (Wildman–Crippen LogP) is 4.76. The lowest BCUT2D eigenvalue weighted by Gasteiger charge is -2.18. The molecule has 0 unspecified atom stereocenters. The Bertz CT molecular complexity index is 641. The van der Waals surface area contributed by atoms with Crippen LogP contribution in [0, 0.1) is 5.92 Å². The van der Waals surface area contributed by atoms with E-state index in [1.165, 1.54) is 0 Å². The zero-order valence-electron chi connectivity index (χ0n) is 13.0. The summed E-state index contributed by atoms with van der Waals surface area (Å²) < 4.78 is 6.50. The number of rotatable bonds is 5. The van der Waals surface area contributed by atoms with E-state index in [9.17, 15) is 4.79 Å². The fraction of sp³-hybridized carbons (Fsp3) is 0.278. The van der Waals surface area contributed by atoms with E-state index < -0.39 is 0 Å². The van der Waals surface area contributed by atoms with Gasteiger partial charge in [-0.3, -0.25) is 4.79 Å². The number of ether oxygens (including phenoxy) is 1. The quantitative estimate of drug-likeness (QED) is 0.768. The van der Waals surface area contributed by atoms with Gasteiger partial charge in [0.15, 0.2) is 0 Å². The van der Waals surface area contributed by atoms with Gasteiger partial charge in [0.2, 0.25) is 0 Å². The second-order valence-corrected chi connectivity index (χ2v) is 6.40. The van der Waals surface area contributed by atoms with Crippen LogP contribution in [0.15, 0.2) is 53.0 Å². The van der Waals surface area contributed by atoms with Crippen molar-refractivity contribution in [1.29, 1.82) is 0 Å². The summed E-state index contributed by atoms with van der Waals surface area (Å²) in [6.45, 7) is 4.84. The van der Waals surface area contributed by atoms with Crippen molar-refractivity contribution in [3.05, 3.63) is 58.6 Å². The summed E-state index contributed by atoms with van der Waals surface area (Å²) in [7, 11) is 1.77. The first kappa shape index (κ1) is 16.6. The lowest BCUT2D eigenvalue weighted by molar-refractivity contribution is 0.0993. The van der Waals surface area contributed by atoms with Crippen molar-refractivity contribution in [1.82, 2.24) is 0 Å². The van der Waals surface area contributed by atoms with E-state index >= 15 is 0 Å². The molecular formula is C18H20BrNO2. The molecule has 22 heavy (non-hydrogen) atoms. The minimum atomic E-state index is -0.0534. The van der Waals surface area contributed by atoms with E-state index in [0.29, 0.717) is 18.1 Å². The Morgan fingerprint density at radius 2 is 1.86 bits per heavy atom. The van der Waals surface area contributed by atoms with Gasteiger partial charge in [-0.1, -0.05) is 32.0 Å². The third kappa shape index (κ3) is 4.10. The fourth-order valence-corrected chi connectivity index (χ4v) is 2.46. The maximum absolute atomic E-state index is 12.5. The molecule has 2 aromatic carbocycles. The lowest BCUT2D eigenvalue weighted by Crippen LogP contribution is -2.26. The summed E-state index contributed by atoms with van der Waals surface area (Å²) in [5, 5.41) is 0. The van der Waals surface area contributed by atoms with E-state index in [2.05, 4.69) is 29.8 Å². The van der Waals surface area contributed by atoms with Crippen molar-refractivity contribution >= 4 is 27.5 Å². The summed E-state index contributed by atoms with van der Waals surface area (Å²) in [6, 6.07) is 15.0. The Kier molecular flexibility index (Phi) is 5.61. The lowest BCUT2D eigenvalue weighted by atomic mass is 10.1. The van der Waals surface area contributed by atoms with Crippen LogP contribution in [-0.2, 0) is 0 Å².